The third-order valence-electron chi connectivity index (χ3n) is 4.87. The summed E-state index contributed by atoms with van der Waals surface area (Å²) in [6, 6.07) is 19.4. The van der Waals surface area contributed by atoms with Crippen LogP contribution < -0.4 is 4.31 Å². The predicted octanol–water partition coefficient (Wildman–Crippen LogP) is 4.29. The molecule has 3 aromatic carbocycles. The number of para-hydroxylation sites is 3. The number of aromatic amines is 1. The summed E-state index contributed by atoms with van der Waals surface area (Å²) in [5.41, 5.74) is 0.0865. The lowest BCUT2D eigenvalue weighted by molar-refractivity contribution is -0.387. The van der Waals surface area contributed by atoms with Crippen LogP contribution in [0.5, 0.6) is 5.88 Å². The van der Waals surface area contributed by atoms with Gasteiger partial charge < -0.3 is 10.1 Å². The summed E-state index contributed by atoms with van der Waals surface area (Å²) in [5.74, 6) is -1.25. The highest BCUT2D eigenvalue weighted by Gasteiger charge is 2.33. The van der Waals surface area contributed by atoms with E-state index in [1.54, 1.807) is 42.5 Å². The molecule has 0 aliphatic rings. The molecule has 12 heteroatoms. The Hall–Kier alpha value is -4.58. The lowest BCUT2D eigenvalue weighted by Crippen LogP contribution is -2.35. The van der Waals surface area contributed by atoms with Gasteiger partial charge in [-0.1, -0.05) is 48.5 Å². The third-order valence-corrected chi connectivity index (χ3v) is 6.70. The molecule has 172 valence electrons. The van der Waals surface area contributed by atoms with E-state index in [9.17, 15) is 28.4 Å². The van der Waals surface area contributed by atoms with Gasteiger partial charge in [0, 0.05) is 11.5 Å². The Morgan fingerprint density at radius 1 is 1.00 bits per heavy atom. The van der Waals surface area contributed by atoms with Crippen molar-refractivity contribution in [3.63, 3.8) is 0 Å². The summed E-state index contributed by atoms with van der Waals surface area (Å²) >= 11 is 0. The van der Waals surface area contributed by atoms with Crippen LogP contribution in [0.3, 0.4) is 0 Å². The van der Waals surface area contributed by atoms with Gasteiger partial charge in [-0.2, -0.15) is 0 Å². The zero-order chi connectivity index (χ0) is 24.3. The van der Waals surface area contributed by atoms with Gasteiger partial charge in [0.05, 0.1) is 16.1 Å². The van der Waals surface area contributed by atoms with Gasteiger partial charge in [0.25, 0.3) is 21.6 Å². The van der Waals surface area contributed by atoms with Gasteiger partial charge >= 0.3 is 0 Å². The van der Waals surface area contributed by atoms with Gasteiger partial charge in [-0.05, 0) is 24.3 Å². The molecule has 0 aliphatic carbocycles. The van der Waals surface area contributed by atoms with E-state index in [-0.39, 0.29) is 17.3 Å². The Bertz CT molecular complexity index is 1520. The van der Waals surface area contributed by atoms with Crippen molar-refractivity contribution in [2.45, 2.75) is 4.90 Å². The zero-order valence-corrected chi connectivity index (χ0v) is 18.2. The summed E-state index contributed by atoms with van der Waals surface area (Å²) in [4.78, 5) is 25.4. The van der Waals surface area contributed by atoms with Crippen LogP contribution in [0.15, 0.2) is 94.0 Å². The van der Waals surface area contributed by atoms with Gasteiger partial charge in [0.1, 0.15) is 6.54 Å². The van der Waals surface area contributed by atoms with Gasteiger partial charge in [0.2, 0.25) is 5.88 Å². The first-order chi connectivity index (χ1) is 16.3. The molecule has 1 heterocycles. The Kier molecular flexibility index (Phi) is 6.06. The number of nitrogens with zero attached hydrogens (tertiary/aromatic N) is 4. The van der Waals surface area contributed by atoms with E-state index in [0.717, 1.165) is 16.4 Å². The number of carbonyl (C=O) groups excluding carboxylic acids is 1. The van der Waals surface area contributed by atoms with Gasteiger partial charge in [-0.3, -0.25) is 19.2 Å². The number of hydrogen-bond acceptors (Lipinski definition) is 7. The number of carbonyl (C=O) groups is 1. The smallest absolute Gasteiger partial charge is 0.289 e. The van der Waals surface area contributed by atoms with Crippen LogP contribution in [0.2, 0.25) is 0 Å². The van der Waals surface area contributed by atoms with Crippen molar-refractivity contribution in [3.8, 4) is 5.88 Å². The number of aromatic nitrogens is 1. The normalized spacial score (nSPS) is 11.6. The monoisotopic (exact) mass is 479 g/mol. The molecule has 0 saturated carbocycles. The Labute approximate surface area is 193 Å². The van der Waals surface area contributed by atoms with E-state index in [1.165, 1.54) is 24.3 Å². The standard InChI is InChI=1S/C22H17N5O6S/c28-20(24-25-21-16-10-4-5-11-17(16)23-22(21)29)14-26(15-8-2-1-3-9-15)34(32,33)19-13-7-6-12-18(19)27(30)31/h1-13,23,29H,14H2. The second-order valence-corrected chi connectivity index (χ2v) is 8.86. The van der Waals surface area contributed by atoms with Crippen LogP contribution in [0, 0.1) is 10.1 Å². The van der Waals surface area contributed by atoms with Gasteiger partial charge in [-0.25, -0.2) is 8.42 Å². The molecule has 0 spiro atoms. The van der Waals surface area contributed by atoms with Crippen molar-refractivity contribution in [1.29, 1.82) is 0 Å². The molecule has 0 radical (unpaired) electrons. The number of benzene rings is 3. The van der Waals surface area contributed by atoms with E-state index in [0.29, 0.717) is 10.9 Å². The van der Waals surface area contributed by atoms with Crippen molar-refractivity contribution in [3.05, 3.63) is 89.0 Å². The minimum Gasteiger partial charge on any atom is -0.493 e. The summed E-state index contributed by atoms with van der Waals surface area (Å²) in [6.45, 7) is -0.773. The first-order valence-electron chi connectivity index (χ1n) is 9.84. The number of nitro groups is 1. The number of amides is 1. The number of hydrogen-bond donors (Lipinski definition) is 2. The van der Waals surface area contributed by atoms with Crippen LogP contribution in [-0.4, -0.2) is 35.9 Å². The highest BCUT2D eigenvalue weighted by Crippen LogP contribution is 2.35. The molecule has 0 atom stereocenters. The van der Waals surface area contributed by atoms with Crippen LogP contribution in [0.4, 0.5) is 17.1 Å². The zero-order valence-electron chi connectivity index (χ0n) is 17.4. The van der Waals surface area contributed by atoms with Crippen molar-refractivity contribution in [2.24, 2.45) is 10.2 Å². The molecule has 0 bridgehead atoms. The number of H-pyrrole nitrogens is 1. The fourth-order valence-corrected chi connectivity index (χ4v) is 4.90. The number of sulfonamides is 1. The number of rotatable bonds is 7. The number of nitro benzene ring substituents is 1. The molecule has 4 aromatic rings. The van der Waals surface area contributed by atoms with Crippen molar-refractivity contribution < 1.29 is 23.2 Å². The maximum atomic E-state index is 13.4. The SMILES string of the molecule is O=C(CN(c1ccccc1)S(=O)(=O)c1ccccc1[N+](=O)[O-])N=Nc1c(O)[nH]c2ccccc12. The minimum absolute atomic E-state index is 0.0248. The molecule has 2 N–H and O–H groups in total. The highest BCUT2D eigenvalue weighted by atomic mass is 32.2. The van der Waals surface area contributed by atoms with E-state index in [4.69, 9.17) is 0 Å². The maximum absolute atomic E-state index is 13.4. The third kappa shape index (κ3) is 4.34. The summed E-state index contributed by atoms with van der Waals surface area (Å²) in [6.07, 6.45) is 0. The molecule has 1 aromatic heterocycles. The Morgan fingerprint density at radius 3 is 2.38 bits per heavy atom. The Balaban J connectivity index is 1.70. The molecule has 34 heavy (non-hydrogen) atoms. The molecular weight excluding hydrogens is 462 g/mol. The lowest BCUT2D eigenvalue weighted by atomic mass is 10.2. The van der Waals surface area contributed by atoms with E-state index >= 15 is 0 Å². The Morgan fingerprint density at radius 2 is 1.65 bits per heavy atom. The molecule has 0 unspecified atom stereocenters. The lowest BCUT2D eigenvalue weighted by Gasteiger charge is -2.22. The number of nitrogens with one attached hydrogen (secondary N) is 1. The van der Waals surface area contributed by atoms with E-state index < -0.39 is 38.0 Å². The first kappa shape index (κ1) is 22.6. The molecule has 0 aliphatic heterocycles. The molecule has 0 fully saturated rings. The number of anilines is 1. The van der Waals surface area contributed by atoms with Crippen LogP contribution in [0.25, 0.3) is 10.9 Å². The average Bonchev–Trinajstić information content (AvgIpc) is 3.16. The molecule has 0 saturated heterocycles. The second kappa shape index (κ2) is 9.11. The molecule has 4 rings (SSSR count). The van der Waals surface area contributed by atoms with Crippen molar-refractivity contribution in [2.75, 3.05) is 10.8 Å². The van der Waals surface area contributed by atoms with Crippen molar-refractivity contribution in [1.82, 2.24) is 4.98 Å². The predicted molar refractivity (Wildman–Crippen MR) is 124 cm³/mol. The summed E-state index contributed by atoms with van der Waals surface area (Å²) in [5, 5.41) is 29.4. The number of fused-ring (bicyclic) bond motifs is 1. The average molecular weight is 479 g/mol. The van der Waals surface area contributed by atoms with Gasteiger partial charge in [-0.15, -0.1) is 10.2 Å². The molecule has 1 amide bonds. The van der Waals surface area contributed by atoms with Crippen LogP contribution >= 0.6 is 0 Å². The van der Waals surface area contributed by atoms with E-state index in [1.807, 2.05) is 0 Å². The van der Waals surface area contributed by atoms with Crippen LogP contribution in [-0.2, 0) is 14.8 Å². The molecule has 11 nitrogen and oxygen atoms in total. The van der Waals surface area contributed by atoms with E-state index in [2.05, 4.69) is 15.2 Å². The largest absolute Gasteiger partial charge is 0.493 e. The topological polar surface area (TPSA) is 158 Å². The molecular formula is C22H17N5O6S. The fraction of sp³-hybridized carbons (Fsp3) is 0.0455. The van der Waals surface area contributed by atoms with Crippen LogP contribution in [0.1, 0.15) is 0 Å². The number of aromatic hydroxyl groups is 1. The number of azo groups is 1. The van der Waals surface area contributed by atoms with Crippen molar-refractivity contribution >= 4 is 43.9 Å². The first-order valence-corrected chi connectivity index (χ1v) is 11.3. The quantitative estimate of drug-likeness (QED) is 0.229. The highest BCUT2D eigenvalue weighted by molar-refractivity contribution is 7.93. The second-order valence-electron chi connectivity index (χ2n) is 7.03. The minimum atomic E-state index is -4.53. The van der Waals surface area contributed by atoms with Gasteiger partial charge in [0.15, 0.2) is 10.6 Å². The maximum Gasteiger partial charge on any atom is 0.289 e. The fourth-order valence-electron chi connectivity index (χ4n) is 3.33. The summed E-state index contributed by atoms with van der Waals surface area (Å²) < 4.78 is 27.5. The summed E-state index contributed by atoms with van der Waals surface area (Å²) in [7, 11) is -4.53.